The van der Waals surface area contributed by atoms with Crippen molar-refractivity contribution >= 4 is 28.8 Å². The van der Waals surface area contributed by atoms with Crippen LogP contribution in [0.15, 0.2) is 53.5 Å². The van der Waals surface area contributed by atoms with Gasteiger partial charge < -0.3 is 9.72 Å². The number of hydrogen-bond acceptors (Lipinski definition) is 4. The summed E-state index contributed by atoms with van der Waals surface area (Å²) in [4.78, 5) is 16.1. The van der Waals surface area contributed by atoms with Crippen LogP contribution in [0.1, 0.15) is 5.56 Å². The fraction of sp³-hybridized carbons (Fsp3) is 0.0500. The van der Waals surface area contributed by atoms with E-state index in [0.717, 1.165) is 0 Å². The monoisotopic (exact) mass is 410 g/mol. The smallest absolute Gasteiger partial charge is 0.282 e. The van der Waals surface area contributed by atoms with Crippen LogP contribution >= 0.6 is 23.2 Å². The van der Waals surface area contributed by atoms with Crippen LogP contribution < -0.4 is 10.3 Å². The van der Waals surface area contributed by atoms with Gasteiger partial charge in [-0.1, -0.05) is 35.3 Å². The topological polar surface area (TPSA) is 83.2 Å². The van der Waals surface area contributed by atoms with E-state index < -0.39 is 0 Å². The Bertz CT molecular complexity index is 1320. The molecule has 0 atom stereocenters. The van der Waals surface area contributed by atoms with Gasteiger partial charge in [0.05, 0.1) is 17.7 Å². The van der Waals surface area contributed by atoms with E-state index >= 15 is 0 Å². The molecule has 1 N–H and O–H groups in total. The first kappa shape index (κ1) is 18.1. The van der Waals surface area contributed by atoms with E-state index in [4.69, 9.17) is 27.9 Å². The number of methoxy groups -OCH3 is 1. The Morgan fingerprint density at radius 3 is 2.71 bits per heavy atom. The van der Waals surface area contributed by atoms with Crippen LogP contribution in [-0.2, 0) is 0 Å². The fourth-order valence-corrected chi connectivity index (χ4v) is 3.49. The number of halogens is 2. The highest BCUT2D eigenvalue weighted by atomic mass is 35.5. The summed E-state index contributed by atoms with van der Waals surface area (Å²) in [6.07, 6.45) is 1.56. The highest BCUT2D eigenvalue weighted by Gasteiger charge is 2.20. The van der Waals surface area contributed by atoms with Crippen LogP contribution in [-0.4, -0.2) is 21.7 Å². The van der Waals surface area contributed by atoms with Gasteiger partial charge in [0.1, 0.15) is 23.1 Å². The molecule has 2 aromatic carbocycles. The molecule has 0 aliphatic rings. The summed E-state index contributed by atoms with van der Waals surface area (Å²) in [6, 6.07) is 14.1. The number of H-pyrrole nitrogens is 1. The van der Waals surface area contributed by atoms with Crippen molar-refractivity contribution in [2.75, 3.05) is 7.11 Å². The molecule has 8 heteroatoms. The second-order valence-electron chi connectivity index (χ2n) is 5.96. The number of benzene rings is 2. The Hall–Kier alpha value is -3.27. The third kappa shape index (κ3) is 2.91. The predicted octanol–water partition coefficient (Wildman–Crippen LogP) is 4.54. The van der Waals surface area contributed by atoms with Crippen molar-refractivity contribution < 1.29 is 4.74 Å². The summed E-state index contributed by atoms with van der Waals surface area (Å²) in [6.45, 7) is 0. The molecule has 138 valence electrons. The van der Waals surface area contributed by atoms with Gasteiger partial charge in [-0.2, -0.15) is 14.9 Å². The van der Waals surface area contributed by atoms with E-state index in [-0.39, 0.29) is 11.1 Å². The van der Waals surface area contributed by atoms with Gasteiger partial charge in [-0.25, -0.2) is 0 Å². The lowest BCUT2D eigenvalue weighted by atomic mass is 10.1. The number of rotatable bonds is 3. The number of nitrogens with one attached hydrogen (secondary N) is 1. The van der Waals surface area contributed by atoms with Crippen molar-refractivity contribution in [3.8, 4) is 34.2 Å². The number of fused-ring (bicyclic) bond motifs is 1. The largest absolute Gasteiger partial charge is 0.497 e. The van der Waals surface area contributed by atoms with Gasteiger partial charge in [-0.15, -0.1) is 0 Å². The van der Waals surface area contributed by atoms with Gasteiger partial charge in [0.2, 0.25) is 0 Å². The van der Waals surface area contributed by atoms with Gasteiger partial charge in [0, 0.05) is 16.8 Å². The summed E-state index contributed by atoms with van der Waals surface area (Å²) in [5.41, 5.74) is 2.03. The number of aromatic amines is 1. The average molecular weight is 411 g/mol. The molecule has 0 bridgehead atoms. The van der Waals surface area contributed by atoms with Crippen LogP contribution in [0.25, 0.3) is 28.0 Å². The highest BCUT2D eigenvalue weighted by molar-refractivity contribution is 6.36. The van der Waals surface area contributed by atoms with E-state index in [1.165, 1.54) is 4.52 Å². The molecule has 28 heavy (non-hydrogen) atoms. The standard InChI is InChI=1S/C20H12Cl2N4O2/c1-28-13-4-2-3-11(7-13)16-10-24-19-15(9-23)18(25-26(19)20(16)27)14-6-5-12(21)8-17(14)22/h2-8,10,24H,1H3. The van der Waals surface area contributed by atoms with E-state index in [1.54, 1.807) is 55.8 Å². The van der Waals surface area contributed by atoms with Crippen molar-refractivity contribution in [2.24, 2.45) is 0 Å². The fourth-order valence-electron chi connectivity index (χ4n) is 2.99. The molecule has 0 aliphatic heterocycles. The quantitative estimate of drug-likeness (QED) is 0.537. The molecular formula is C20H12Cl2N4O2. The Morgan fingerprint density at radius 1 is 1.18 bits per heavy atom. The Morgan fingerprint density at radius 2 is 2.00 bits per heavy atom. The molecule has 0 amide bonds. The van der Waals surface area contributed by atoms with Gasteiger partial charge in [0.15, 0.2) is 5.65 Å². The zero-order valence-electron chi connectivity index (χ0n) is 14.5. The molecule has 0 saturated carbocycles. The van der Waals surface area contributed by atoms with Crippen molar-refractivity contribution in [3.63, 3.8) is 0 Å². The lowest BCUT2D eigenvalue weighted by Crippen LogP contribution is -2.17. The van der Waals surface area contributed by atoms with E-state index in [0.29, 0.717) is 43.8 Å². The molecule has 0 unspecified atom stereocenters. The summed E-state index contributed by atoms with van der Waals surface area (Å²) in [5.74, 6) is 0.629. The highest BCUT2D eigenvalue weighted by Crippen LogP contribution is 2.32. The van der Waals surface area contributed by atoms with Crippen LogP contribution in [0.4, 0.5) is 0 Å². The maximum Gasteiger partial charge on any atom is 0.282 e. The number of nitriles is 1. The number of nitrogens with zero attached hydrogens (tertiary/aromatic N) is 3. The number of aromatic nitrogens is 3. The lowest BCUT2D eigenvalue weighted by Gasteiger charge is -2.04. The molecule has 2 aromatic heterocycles. The van der Waals surface area contributed by atoms with E-state index in [2.05, 4.69) is 16.2 Å². The number of hydrogen-bond donors (Lipinski definition) is 1. The SMILES string of the molecule is COc1cccc(-c2c[nH]c3c(C#N)c(-c4ccc(Cl)cc4Cl)nn3c2=O)c1. The normalized spacial score (nSPS) is 10.8. The third-order valence-electron chi connectivity index (χ3n) is 4.34. The van der Waals surface area contributed by atoms with Crippen molar-refractivity contribution in [2.45, 2.75) is 0 Å². The molecule has 0 spiro atoms. The minimum atomic E-state index is -0.366. The minimum absolute atomic E-state index is 0.221. The first-order valence-electron chi connectivity index (χ1n) is 8.18. The van der Waals surface area contributed by atoms with Crippen molar-refractivity contribution in [1.82, 2.24) is 14.6 Å². The van der Waals surface area contributed by atoms with Crippen LogP contribution in [0.3, 0.4) is 0 Å². The molecule has 0 fully saturated rings. The number of ether oxygens (including phenoxy) is 1. The predicted molar refractivity (Wildman–Crippen MR) is 108 cm³/mol. The van der Waals surface area contributed by atoms with Gasteiger partial charge in [-0.05, 0) is 35.9 Å². The molecule has 4 rings (SSSR count). The summed E-state index contributed by atoms with van der Waals surface area (Å²) < 4.78 is 6.40. The zero-order chi connectivity index (χ0) is 19.8. The second-order valence-corrected chi connectivity index (χ2v) is 6.80. The third-order valence-corrected chi connectivity index (χ3v) is 4.89. The Balaban J connectivity index is 1.97. The zero-order valence-corrected chi connectivity index (χ0v) is 16.0. The summed E-state index contributed by atoms with van der Waals surface area (Å²) >= 11 is 12.2. The van der Waals surface area contributed by atoms with Crippen LogP contribution in [0.5, 0.6) is 5.75 Å². The van der Waals surface area contributed by atoms with E-state index in [1.807, 2.05) is 0 Å². The van der Waals surface area contributed by atoms with Gasteiger partial charge in [-0.3, -0.25) is 4.79 Å². The molecule has 0 saturated heterocycles. The molecule has 0 radical (unpaired) electrons. The average Bonchev–Trinajstić information content (AvgIpc) is 3.07. The summed E-state index contributed by atoms with van der Waals surface area (Å²) in [7, 11) is 1.56. The molecule has 4 aromatic rings. The van der Waals surface area contributed by atoms with E-state index in [9.17, 15) is 10.1 Å². The molecular weight excluding hydrogens is 399 g/mol. The van der Waals surface area contributed by atoms with Crippen LogP contribution in [0, 0.1) is 11.3 Å². The first-order chi connectivity index (χ1) is 13.5. The molecule has 6 nitrogen and oxygen atoms in total. The minimum Gasteiger partial charge on any atom is -0.497 e. The van der Waals surface area contributed by atoms with Crippen LogP contribution in [0.2, 0.25) is 10.0 Å². The lowest BCUT2D eigenvalue weighted by molar-refractivity contribution is 0.415. The second kappa shape index (κ2) is 7.04. The first-order valence-corrected chi connectivity index (χ1v) is 8.93. The molecule has 0 aliphatic carbocycles. The Kier molecular flexibility index (Phi) is 4.55. The van der Waals surface area contributed by atoms with Crippen molar-refractivity contribution in [1.29, 1.82) is 5.26 Å². The Labute approximate surface area is 169 Å². The summed E-state index contributed by atoms with van der Waals surface area (Å²) in [5, 5.41) is 14.8. The maximum atomic E-state index is 13.1. The maximum absolute atomic E-state index is 13.1. The molecule has 2 heterocycles. The van der Waals surface area contributed by atoms with Gasteiger partial charge >= 0.3 is 0 Å². The van der Waals surface area contributed by atoms with Gasteiger partial charge in [0.25, 0.3) is 5.56 Å². The van der Waals surface area contributed by atoms with Crippen molar-refractivity contribution in [3.05, 3.63) is 74.6 Å².